The molecule has 1 rings (SSSR count). The molecule has 0 aliphatic heterocycles. The van der Waals surface area contributed by atoms with Crippen molar-refractivity contribution in [2.24, 2.45) is 0 Å². The van der Waals surface area contributed by atoms with Crippen molar-refractivity contribution >= 4 is 17.5 Å². The van der Waals surface area contributed by atoms with Crippen LogP contribution in [0.4, 0.5) is 0 Å². The van der Waals surface area contributed by atoms with E-state index in [1.165, 1.54) is 0 Å². The highest BCUT2D eigenvalue weighted by Gasteiger charge is 2.11. The fraction of sp³-hybridized carbons (Fsp3) is 0.500. The minimum absolute atomic E-state index is 0.00766. The largest absolute Gasteiger partial charge is 0.350 e. The van der Waals surface area contributed by atoms with Gasteiger partial charge < -0.3 is 5.32 Å². The molecule has 0 fully saturated rings. The Labute approximate surface area is 108 Å². The van der Waals surface area contributed by atoms with Gasteiger partial charge in [-0.2, -0.15) is 0 Å². The van der Waals surface area contributed by atoms with Gasteiger partial charge in [-0.15, -0.1) is 11.6 Å². The summed E-state index contributed by atoms with van der Waals surface area (Å²) in [4.78, 5) is 12.0. The van der Waals surface area contributed by atoms with E-state index in [9.17, 15) is 4.79 Å². The predicted molar refractivity (Wildman–Crippen MR) is 72.8 cm³/mol. The number of rotatable bonds is 5. The lowest BCUT2D eigenvalue weighted by Gasteiger charge is -2.14. The second-order valence-corrected chi connectivity index (χ2v) is 4.90. The summed E-state index contributed by atoms with van der Waals surface area (Å²) in [6.07, 6.45) is 1.84. The van der Waals surface area contributed by atoms with E-state index in [1.54, 1.807) is 0 Å². The number of hydrogen-bond donors (Lipinski definition) is 1. The van der Waals surface area contributed by atoms with Crippen molar-refractivity contribution in [3.8, 4) is 0 Å². The number of aryl methyl sites for hydroxylation is 2. The third kappa shape index (κ3) is 4.39. The number of amides is 1. The van der Waals surface area contributed by atoms with Crippen LogP contribution in [0.3, 0.4) is 0 Å². The molecule has 1 aromatic rings. The van der Waals surface area contributed by atoms with Gasteiger partial charge in [0.15, 0.2) is 0 Å². The second-order valence-electron chi connectivity index (χ2n) is 4.52. The molecular weight excluding hydrogens is 234 g/mol. The number of halogens is 1. The van der Waals surface area contributed by atoms with Crippen LogP contribution in [0, 0.1) is 13.8 Å². The second kappa shape index (κ2) is 6.65. The molecule has 0 aliphatic carbocycles. The molecular formula is C14H20ClNO. The number of nitrogens with one attached hydrogen (secondary N) is 1. The summed E-state index contributed by atoms with van der Waals surface area (Å²) in [6, 6.07) is 6.09. The Hall–Kier alpha value is -1.02. The van der Waals surface area contributed by atoms with Gasteiger partial charge >= 0.3 is 0 Å². The standard InChI is InChI=1S/C14H20ClNO/c1-10-6-7-11(2)13(9-10)14(17)16-12(3)5-4-8-15/h6-7,9,12H,4-5,8H2,1-3H3,(H,16,17). The van der Waals surface area contributed by atoms with E-state index in [4.69, 9.17) is 11.6 Å². The molecule has 1 N–H and O–H groups in total. The molecule has 3 heteroatoms. The van der Waals surface area contributed by atoms with Gasteiger partial charge in [-0.25, -0.2) is 0 Å². The predicted octanol–water partition coefficient (Wildman–Crippen LogP) is 3.44. The van der Waals surface area contributed by atoms with E-state index >= 15 is 0 Å². The molecule has 1 amide bonds. The molecule has 0 bridgehead atoms. The first-order valence-electron chi connectivity index (χ1n) is 5.98. The first kappa shape index (κ1) is 14.0. The van der Waals surface area contributed by atoms with E-state index in [0.717, 1.165) is 29.5 Å². The number of benzene rings is 1. The van der Waals surface area contributed by atoms with Crippen LogP contribution in [0.5, 0.6) is 0 Å². The lowest BCUT2D eigenvalue weighted by atomic mass is 10.0. The lowest BCUT2D eigenvalue weighted by Crippen LogP contribution is -2.33. The number of hydrogen-bond acceptors (Lipinski definition) is 1. The van der Waals surface area contributed by atoms with E-state index in [-0.39, 0.29) is 11.9 Å². The number of carbonyl (C=O) groups excluding carboxylic acids is 1. The number of alkyl halides is 1. The van der Waals surface area contributed by atoms with Crippen LogP contribution >= 0.6 is 11.6 Å². The Bertz CT molecular complexity index is 390. The Morgan fingerprint density at radius 1 is 1.41 bits per heavy atom. The monoisotopic (exact) mass is 253 g/mol. The van der Waals surface area contributed by atoms with Crippen molar-refractivity contribution in [2.75, 3.05) is 5.88 Å². The van der Waals surface area contributed by atoms with E-state index < -0.39 is 0 Å². The molecule has 1 atom stereocenters. The zero-order chi connectivity index (χ0) is 12.8. The minimum Gasteiger partial charge on any atom is -0.350 e. The number of carbonyl (C=O) groups is 1. The van der Waals surface area contributed by atoms with Crippen molar-refractivity contribution in [1.82, 2.24) is 5.32 Å². The molecule has 0 radical (unpaired) electrons. The van der Waals surface area contributed by atoms with Crippen molar-refractivity contribution in [1.29, 1.82) is 0 Å². The van der Waals surface area contributed by atoms with Gasteiger partial charge in [-0.05, 0) is 45.2 Å². The molecule has 17 heavy (non-hydrogen) atoms. The van der Waals surface area contributed by atoms with Gasteiger partial charge in [0.05, 0.1) is 0 Å². The van der Waals surface area contributed by atoms with Gasteiger partial charge in [0.25, 0.3) is 5.91 Å². The molecule has 0 saturated carbocycles. The van der Waals surface area contributed by atoms with Crippen LogP contribution in [0.1, 0.15) is 41.3 Å². The van der Waals surface area contributed by atoms with Crippen molar-refractivity contribution < 1.29 is 4.79 Å². The third-order valence-electron chi connectivity index (χ3n) is 2.79. The topological polar surface area (TPSA) is 29.1 Å². The minimum atomic E-state index is 0.00766. The summed E-state index contributed by atoms with van der Waals surface area (Å²) in [6.45, 7) is 5.96. The zero-order valence-corrected chi connectivity index (χ0v) is 11.5. The highest BCUT2D eigenvalue weighted by molar-refractivity contribution is 6.17. The molecule has 0 heterocycles. The van der Waals surface area contributed by atoms with E-state index in [1.807, 2.05) is 39.0 Å². The molecule has 94 valence electrons. The molecule has 0 aliphatic rings. The fourth-order valence-corrected chi connectivity index (χ4v) is 1.89. The summed E-state index contributed by atoms with van der Waals surface area (Å²) in [5, 5.41) is 3.00. The first-order chi connectivity index (χ1) is 8.04. The summed E-state index contributed by atoms with van der Waals surface area (Å²) < 4.78 is 0. The highest BCUT2D eigenvalue weighted by atomic mass is 35.5. The Kier molecular flexibility index (Phi) is 5.49. The lowest BCUT2D eigenvalue weighted by molar-refractivity contribution is 0.0937. The van der Waals surface area contributed by atoms with Crippen molar-refractivity contribution in [3.63, 3.8) is 0 Å². The average Bonchev–Trinajstić information content (AvgIpc) is 2.29. The van der Waals surface area contributed by atoms with Gasteiger partial charge in [0.1, 0.15) is 0 Å². The first-order valence-corrected chi connectivity index (χ1v) is 6.52. The normalized spacial score (nSPS) is 12.2. The van der Waals surface area contributed by atoms with Crippen LogP contribution in [0.2, 0.25) is 0 Å². The SMILES string of the molecule is Cc1ccc(C)c(C(=O)NC(C)CCCCl)c1. The van der Waals surface area contributed by atoms with E-state index in [0.29, 0.717) is 5.88 Å². The van der Waals surface area contributed by atoms with Crippen LogP contribution in [0.25, 0.3) is 0 Å². The molecule has 0 saturated heterocycles. The maximum Gasteiger partial charge on any atom is 0.251 e. The van der Waals surface area contributed by atoms with Gasteiger partial charge in [0.2, 0.25) is 0 Å². The van der Waals surface area contributed by atoms with Crippen LogP contribution in [0.15, 0.2) is 18.2 Å². The molecule has 1 aromatic carbocycles. The van der Waals surface area contributed by atoms with E-state index in [2.05, 4.69) is 5.32 Å². The summed E-state index contributed by atoms with van der Waals surface area (Å²) in [5.41, 5.74) is 2.88. The summed E-state index contributed by atoms with van der Waals surface area (Å²) in [7, 11) is 0. The van der Waals surface area contributed by atoms with Crippen molar-refractivity contribution in [3.05, 3.63) is 34.9 Å². The Balaban J connectivity index is 2.66. The Morgan fingerprint density at radius 3 is 2.76 bits per heavy atom. The third-order valence-corrected chi connectivity index (χ3v) is 3.05. The smallest absolute Gasteiger partial charge is 0.251 e. The molecule has 1 unspecified atom stereocenters. The summed E-state index contributed by atoms with van der Waals surface area (Å²) >= 11 is 5.63. The average molecular weight is 254 g/mol. The van der Waals surface area contributed by atoms with Crippen molar-refractivity contribution in [2.45, 2.75) is 39.7 Å². The van der Waals surface area contributed by atoms with Crippen LogP contribution < -0.4 is 5.32 Å². The molecule has 2 nitrogen and oxygen atoms in total. The molecule has 0 spiro atoms. The highest BCUT2D eigenvalue weighted by Crippen LogP contribution is 2.11. The summed E-state index contributed by atoms with van der Waals surface area (Å²) in [5.74, 6) is 0.650. The Morgan fingerprint density at radius 2 is 2.12 bits per heavy atom. The van der Waals surface area contributed by atoms with Gasteiger partial charge in [0, 0.05) is 17.5 Å². The van der Waals surface area contributed by atoms with Gasteiger partial charge in [-0.1, -0.05) is 17.7 Å². The molecule has 0 aromatic heterocycles. The quantitative estimate of drug-likeness (QED) is 0.801. The van der Waals surface area contributed by atoms with Crippen LogP contribution in [-0.2, 0) is 0 Å². The zero-order valence-electron chi connectivity index (χ0n) is 10.7. The maximum atomic E-state index is 12.0. The van der Waals surface area contributed by atoms with Gasteiger partial charge in [-0.3, -0.25) is 4.79 Å². The maximum absolute atomic E-state index is 12.0. The fourth-order valence-electron chi connectivity index (χ4n) is 1.74. The van der Waals surface area contributed by atoms with Crippen LogP contribution in [-0.4, -0.2) is 17.8 Å².